The SMILES string of the molecule is CON=C(C)c1ccc(C(F)(F)F)c(F)c1.CON=C(C)c1ccc(Cl)c(Cl)c1.CON=C(C)c1ccc(F)cc1C(F)(F)F. The highest BCUT2D eigenvalue weighted by atomic mass is 35.5. The van der Waals surface area contributed by atoms with E-state index in [0.717, 1.165) is 35.5 Å². The number of benzene rings is 3. The lowest BCUT2D eigenvalue weighted by atomic mass is 10.0. The molecule has 0 aliphatic carbocycles. The monoisotopic (exact) mass is 687 g/mol. The van der Waals surface area contributed by atoms with E-state index in [0.29, 0.717) is 27.9 Å². The van der Waals surface area contributed by atoms with Gasteiger partial charge in [0.05, 0.1) is 38.3 Å². The molecule has 0 aliphatic heterocycles. The van der Waals surface area contributed by atoms with Crippen molar-refractivity contribution in [2.24, 2.45) is 15.5 Å². The van der Waals surface area contributed by atoms with E-state index in [4.69, 9.17) is 23.2 Å². The lowest BCUT2D eigenvalue weighted by Gasteiger charge is -2.12. The quantitative estimate of drug-likeness (QED) is 0.147. The first-order valence-corrected chi connectivity index (χ1v) is 13.1. The molecule has 0 unspecified atom stereocenters. The van der Waals surface area contributed by atoms with Gasteiger partial charge < -0.3 is 14.5 Å². The number of oxime groups is 3. The summed E-state index contributed by atoms with van der Waals surface area (Å²) in [6.45, 7) is 4.70. The fourth-order valence-electron chi connectivity index (χ4n) is 3.32. The summed E-state index contributed by atoms with van der Waals surface area (Å²) in [5.41, 5.74) is -0.308. The highest BCUT2D eigenvalue weighted by Crippen LogP contribution is 2.33. The Kier molecular flexibility index (Phi) is 15.2. The molecule has 0 heterocycles. The van der Waals surface area contributed by atoms with Crippen molar-refractivity contribution < 1.29 is 49.6 Å². The summed E-state index contributed by atoms with van der Waals surface area (Å²) in [7, 11) is 4.02. The largest absolute Gasteiger partial charge is 0.419 e. The average Bonchev–Trinajstić information content (AvgIpc) is 2.94. The van der Waals surface area contributed by atoms with Crippen LogP contribution < -0.4 is 0 Å². The third kappa shape index (κ3) is 12.5. The molecule has 0 amide bonds. The van der Waals surface area contributed by atoms with Gasteiger partial charge in [-0.3, -0.25) is 0 Å². The summed E-state index contributed by atoms with van der Waals surface area (Å²) in [6.07, 6.45) is -9.31. The maximum atomic E-state index is 13.1. The summed E-state index contributed by atoms with van der Waals surface area (Å²) < 4.78 is 100. The van der Waals surface area contributed by atoms with Crippen LogP contribution in [-0.4, -0.2) is 38.5 Å². The smallest absolute Gasteiger partial charge is 0.399 e. The lowest BCUT2D eigenvalue weighted by Crippen LogP contribution is -2.12. The maximum absolute atomic E-state index is 13.1. The van der Waals surface area contributed by atoms with Gasteiger partial charge in [0.25, 0.3) is 0 Å². The van der Waals surface area contributed by atoms with Crippen molar-refractivity contribution in [3.63, 3.8) is 0 Å². The van der Waals surface area contributed by atoms with Crippen molar-refractivity contribution in [3.05, 3.63) is 104 Å². The molecule has 3 rings (SSSR count). The van der Waals surface area contributed by atoms with Crippen LogP contribution in [0.3, 0.4) is 0 Å². The van der Waals surface area contributed by atoms with Gasteiger partial charge in [0.2, 0.25) is 0 Å². The molecule has 0 aromatic heterocycles. The van der Waals surface area contributed by atoms with Gasteiger partial charge in [-0.2, -0.15) is 26.3 Å². The molecule has 16 heteroatoms. The summed E-state index contributed by atoms with van der Waals surface area (Å²) in [5, 5.41) is 11.7. The average molecular weight is 688 g/mol. The maximum Gasteiger partial charge on any atom is 0.419 e. The third-order valence-corrected chi connectivity index (χ3v) is 6.13. The third-order valence-electron chi connectivity index (χ3n) is 5.39. The number of rotatable bonds is 6. The van der Waals surface area contributed by atoms with Gasteiger partial charge in [0.1, 0.15) is 33.0 Å². The minimum absolute atomic E-state index is 0.0369. The zero-order valence-electron chi connectivity index (χ0n) is 24.5. The normalized spacial score (nSPS) is 12.4. The minimum Gasteiger partial charge on any atom is -0.399 e. The van der Waals surface area contributed by atoms with Crippen LogP contribution in [0.5, 0.6) is 0 Å². The minimum atomic E-state index is -4.69. The van der Waals surface area contributed by atoms with Crippen LogP contribution in [-0.2, 0) is 26.9 Å². The Morgan fingerprint density at radius 3 is 1.49 bits per heavy atom. The Labute approximate surface area is 263 Å². The van der Waals surface area contributed by atoms with Crippen LogP contribution in [0.1, 0.15) is 48.6 Å². The molecule has 3 aromatic rings. The van der Waals surface area contributed by atoms with Gasteiger partial charge in [-0.15, -0.1) is 0 Å². The fourth-order valence-corrected chi connectivity index (χ4v) is 3.62. The van der Waals surface area contributed by atoms with E-state index in [1.54, 1.807) is 12.1 Å². The number of hydrogen-bond donors (Lipinski definition) is 0. The van der Waals surface area contributed by atoms with Gasteiger partial charge >= 0.3 is 12.4 Å². The zero-order valence-corrected chi connectivity index (χ0v) is 26.1. The van der Waals surface area contributed by atoms with Crippen LogP contribution in [0, 0.1) is 11.6 Å². The van der Waals surface area contributed by atoms with Crippen molar-refractivity contribution in [2.75, 3.05) is 21.3 Å². The molecule has 45 heavy (non-hydrogen) atoms. The van der Waals surface area contributed by atoms with Crippen molar-refractivity contribution in [3.8, 4) is 0 Å². The van der Waals surface area contributed by atoms with E-state index < -0.39 is 35.1 Å². The predicted octanol–water partition coefficient (Wildman–Crippen LogP) is 9.79. The van der Waals surface area contributed by atoms with Crippen LogP contribution in [0.4, 0.5) is 35.1 Å². The molecule has 0 radical (unpaired) electrons. The van der Waals surface area contributed by atoms with Gasteiger partial charge in [-0.05, 0) is 63.2 Å². The van der Waals surface area contributed by atoms with Gasteiger partial charge in [0.15, 0.2) is 0 Å². The molecule has 0 fully saturated rings. The molecule has 0 aliphatic rings. The molecule has 0 saturated carbocycles. The molecule has 246 valence electrons. The Balaban J connectivity index is 0.000000340. The van der Waals surface area contributed by atoms with Crippen molar-refractivity contribution in [1.82, 2.24) is 0 Å². The Hall–Kier alpha value is -3.91. The summed E-state index contributed by atoms with van der Waals surface area (Å²) in [5.74, 6) is -2.27. The standard InChI is InChI=1S/2C10H9F4NO.C9H9Cl2NO/c1-6(15-16-2)8-4-3-7(11)5-9(8)10(12,13)14;1-6(15-16-2)7-3-4-8(9(11)5-7)10(12,13)14;1-6(12-13-2)7-3-4-8(10)9(11)5-7/h2*3-5H,1-2H3;3-5H,1-2H3. The Bertz CT molecular complexity index is 1530. The fraction of sp³-hybridized carbons (Fsp3) is 0.276. The van der Waals surface area contributed by atoms with E-state index in [1.165, 1.54) is 35.2 Å². The molecule has 0 spiro atoms. The molecule has 6 nitrogen and oxygen atoms in total. The van der Waals surface area contributed by atoms with Crippen molar-refractivity contribution >= 4 is 40.3 Å². The van der Waals surface area contributed by atoms with Crippen molar-refractivity contribution in [1.29, 1.82) is 0 Å². The first-order chi connectivity index (χ1) is 20.9. The summed E-state index contributed by atoms with van der Waals surface area (Å²) >= 11 is 11.6. The lowest BCUT2D eigenvalue weighted by molar-refractivity contribution is -0.140. The van der Waals surface area contributed by atoms with Crippen LogP contribution >= 0.6 is 23.2 Å². The summed E-state index contributed by atoms with van der Waals surface area (Å²) in [6, 6.07) is 10.3. The summed E-state index contributed by atoms with van der Waals surface area (Å²) in [4.78, 5) is 13.5. The first-order valence-electron chi connectivity index (χ1n) is 12.3. The number of halogens is 10. The molecular formula is C29H27Cl2F8N3O3. The highest BCUT2D eigenvalue weighted by Gasteiger charge is 2.35. The van der Waals surface area contributed by atoms with Gasteiger partial charge in [-0.1, -0.05) is 50.8 Å². The molecule has 3 aromatic carbocycles. The molecule has 0 atom stereocenters. The van der Waals surface area contributed by atoms with E-state index in [1.807, 2.05) is 13.0 Å². The molecule has 0 saturated heterocycles. The highest BCUT2D eigenvalue weighted by molar-refractivity contribution is 6.42. The van der Waals surface area contributed by atoms with Crippen LogP contribution in [0.25, 0.3) is 0 Å². The molecule has 0 bridgehead atoms. The van der Waals surface area contributed by atoms with Gasteiger partial charge in [0, 0.05) is 16.7 Å². The Morgan fingerprint density at radius 2 is 1.04 bits per heavy atom. The number of nitrogens with zero attached hydrogens (tertiary/aromatic N) is 3. The second-order valence-corrected chi connectivity index (χ2v) is 9.40. The van der Waals surface area contributed by atoms with E-state index in [-0.39, 0.29) is 16.8 Å². The van der Waals surface area contributed by atoms with E-state index >= 15 is 0 Å². The first kappa shape index (κ1) is 39.1. The number of hydrogen-bond acceptors (Lipinski definition) is 6. The second-order valence-electron chi connectivity index (χ2n) is 8.59. The van der Waals surface area contributed by atoms with E-state index in [9.17, 15) is 35.1 Å². The molecular weight excluding hydrogens is 661 g/mol. The topological polar surface area (TPSA) is 64.8 Å². The van der Waals surface area contributed by atoms with Gasteiger partial charge in [-0.25, -0.2) is 8.78 Å². The van der Waals surface area contributed by atoms with Crippen LogP contribution in [0.15, 0.2) is 70.1 Å². The van der Waals surface area contributed by atoms with E-state index in [2.05, 4.69) is 30.0 Å². The van der Waals surface area contributed by atoms with Crippen LogP contribution in [0.2, 0.25) is 10.0 Å². The molecule has 0 N–H and O–H groups in total. The second kappa shape index (κ2) is 17.5. The predicted molar refractivity (Wildman–Crippen MR) is 157 cm³/mol. The Morgan fingerprint density at radius 1 is 0.578 bits per heavy atom. The number of alkyl halides is 6. The van der Waals surface area contributed by atoms with Crippen molar-refractivity contribution in [2.45, 2.75) is 33.1 Å². The zero-order chi connectivity index (χ0) is 34.5.